The van der Waals surface area contributed by atoms with Gasteiger partial charge in [-0.2, -0.15) is 0 Å². The SMILES string of the molecule is CC1(C)CCC2(CC3CC(C[C@@]4(C)CCC5(Cc6ccc5o6)C4)C2C3)C1. The zero-order valence-corrected chi connectivity index (χ0v) is 17.1. The molecule has 1 aromatic heterocycles. The van der Waals surface area contributed by atoms with E-state index in [0.717, 1.165) is 23.2 Å². The van der Waals surface area contributed by atoms with Crippen LogP contribution in [0.5, 0.6) is 0 Å². The summed E-state index contributed by atoms with van der Waals surface area (Å²) in [5.74, 6) is 5.71. The van der Waals surface area contributed by atoms with E-state index >= 15 is 0 Å². The summed E-state index contributed by atoms with van der Waals surface area (Å²) in [5.41, 5.74) is 2.30. The van der Waals surface area contributed by atoms with Gasteiger partial charge in [-0.3, -0.25) is 0 Å². The molecule has 0 N–H and O–H groups in total. The molecule has 5 aliphatic rings. The van der Waals surface area contributed by atoms with Gasteiger partial charge in [0.05, 0.1) is 0 Å². The van der Waals surface area contributed by atoms with E-state index < -0.39 is 0 Å². The fourth-order valence-corrected chi connectivity index (χ4v) is 9.20. The maximum absolute atomic E-state index is 6.04. The monoisotopic (exact) mass is 352 g/mol. The highest BCUT2D eigenvalue weighted by molar-refractivity contribution is 5.29. The summed E-state index contributed by atoms with van der Waals surface area (Å²) in [6, 6.07) is 4.48. The van der Waals surface area contributed by atoms with Gasteiger partial charge in [-0.15, -0.1) is 0 Å². The second kappa shape index (κ2) is 4.81. The quantitative estimate of drug-likeness (QED) is 0.564. The van der Waals surface area contributed by atoms with Gasteiger partial charge in [0.1, 0.15) is 11.5 Å². The molecule has 4 saturated carbocycles. The van der Waals surface area contributed by atoms with Crippen LogP contribution in [0.4, 0.5) is 0 Å². The van der Waals surface area contributed by atoms with Gasteiger partial charge < -0.3 is 4.42 Å². The predicted molar refractivity (Wildman–Crippen MR) is 105 cm³/mol. The molecule has 0 radical (unpaired) electrons. The second-order valence-electron chi connectivity index (χ2n) is 12.5. The largest absolute Gasteiger partial charge is 0.465 e. The standard InChI is InChI=1S/C25H36O/c1-22(2)6-8-24(15-22)12-17-10-18(20(24)11-17)13-23(3)7-9-25(16-23)14-19-4-5-21(25)26-19/h4-5,17-18,20H,6-16H2,1-3H3/t17?,18?,20?,23-,24?,25?/m1/s1. The molecule has 4 fully saturated rings. The summed E-state index contributed by atoms with van der Waals surface area (Å²) in [6.45, 7) is 7.69. The molecule has 1 aromatic rings. The van der Waals surface area contributed by atoms with Crippen LogP contribution in [0.15, 0.2) is 16.5 Å². The van der Waals surface area contributed by atoms with Crippen molar-refractivity contribution in [2.24, 2.45) is 34.0 Å². The molecule has 0 amide bonds. The van der Waals surface area contributed by atoms with Crippen molar-refractivity contribution in [2.45, 2.75) is 96.8 Å². The third kappa shape index (κ3) is 2.15. The summed E-state index contributed by atoms with van der Waals surface area (Å²) in [6.07, 6.45) is 16.1. The lowest BCUT2D eigenvalue weighted by Crippen LogP contribution is -2.34. The summed E-state index contributed by atoms with van der Waals surface area (Å²) in [5, 5.41) is 0. The Labute approximate surface area is 159 Å². The van der Waals surface area contributed by atoms with Gasteiger partial charge in [0, 0.05) is 11.8 Å². The molecule has 0 aromatic carbocycles. The Morgan fingerprint density at radius 1 is 1.00 bits per heavy atom. The van der Waals surface area contributed by atoms with Crippen molar-refractivity contribution in [2.75, 3.05) is 0 Å². The third-order valence-corrected chi connectivity index (χ3v) is 9.83. The zero-order valence-electron chi connectivity index (χ0n) is 17.1. The lowest BCUT2D eigenvalue weighted by atomic mass is 9.62. The van der Waals surface area contributed by atoms with Crippen molar-refractivity contribution in [3.63, 3.8) is 0 Å². The van der Waals surface area contributed by atoms with Crippen LogP contribution in [0.3, 0.4) is 0 Å². The van der Waals surface area contributed by atoms with Gasteiger partial charge in [0.25, 0.3) is 0 Å². The Morgan fingerprint density at radius 3 is 2.54 bits per heavy atom. The molecule has 5 unspecified atom stereocenters. The average Bonchev–Trinajstić information content (AvgIpc) is 3.34. The van der Waals surface area contributed by atoms with Crippen molar-refractivity contribution >= 4 is 0 Å². The van der Waals surface area contributed by atoms with E-state index in [2.05, 4.69) is 32.9 Å². The highest BCUT2D eigenvalue weighted by atomic mass is 16.3. The van der Waals surface area contributed by atoms with E-state index in [1.165, 1.54) is 62.9 Å². The summed E-state index contributed by atoms with van der Waals surface area (Å²) < 4.78 is 6.04. The van der Waals surface area contributed by atoms with E-state index in [-0.39, 0.29) is 0 Å². The van der Waals surface area contributed by atoms with Crippen LogP contribution in [0.2, 0.25) is 0 Å². The number of hydrogen-bond donors (Lipinski definition) is 0. The zero-order chi connectivity index (χ0) is 17.8. The smallest absolute Gasteiger partial charge is 0.110 e. The van der Waals surface area contributed by atoms with E-state index in [9.17, 15) is 0 Å². The molecule has 4 aliphatic carbocycles. The van der Waals surface area contributed by atoms with Crippen LogP contribution in [0.1, 0.15) is 96.5 Å². The topological polar surface area (TPSA) is 13.1 Å². The summed E-state index contributed by atoms with van der Waals surface area (Å²) >= 11 is 0. The lowest BCUT2D eigenvalue weighted by molar-refractivity contribution is 0.0702. The van der Waals surface area contributed by atoms with Crippen LogP contribution in [-0.2, 0) is 11.8 Å². The van der Waals surface area contributed by atoms with E-state index in [0.29, 0.717) is 16.2 Å². The van der Waals surface area contributed by atoms with E-state index in [1.807, 2.05) is 0 Å². The second-order valence-corrected chi connectivity index (χ2v) is 12.5. The first-order valence-electron chi connectivity index (χ1n) is 11.4. The molecule has 4 bridgehead atoms. The first kappa shape index (κ1) is 16.3. The molecule has 142 valence electrons. The fourth-order valence-electron chi connectivity index (χ4n) is 9.20. The number of hydrogen-bond acceptors (Lipinski definition) is 1. The molecule has 6 atom stereocenters. The Kier molecular flexibility index (Phi) is 3.01. The van der Waals surface area contributed by atoms with Gasteiger partial charge in [-0.25, -0.2) is 0 Å². The first-order valence-corrected chi connectivity index (χ1v) is 11.4. The normalized spacial score (nSPS) is 50.7. The molecule has 1 heteroatoms. The molecule has 26 heavy (non-hydrogen) atoms. The van der Waals surface area contributed by atoms with Crippen molar-refractivity contribution in [3.8, 4) is 0 Å². The number of furan rings is 1. The molecule has 0 saturated heterocycles. The molecular weight excluding hydrogens is 316 g/mol. The Hall–Kier alpha value is -0.720. The molecular formula is C25H36O. The van der Waals surface area contributed by atoms with Crippen molar-refractivity contribution in [3.05, 3.63) is 23.7 Å². The summed E-state index contributed by atoms with van der Waals surface area (Å²) in [4.78, 5) is 0. The minimum Gasteiger partial charge on any atom is -0.465 e. The van der Waals surface area contributed by atoms with Gasteiger partial charge in [-0.1, -0.05) is 20.8 Å². The lowest BCUT2D eigenvalue weighted by Gasteiger charge is -2.43. The minimum absolute atomic E-state index is 0.392. The Balaban J connectivity index is 1.20. The van der Waals surface area contributed by atoms with Crippen LogP contribution in [0, 0.1) is 34.0 Å². The summed E-state index contributed by atoms with van der Waals surface area (Å²) in [7, 11) is 0. The average molecular weight is 353 g/mol. The maximum atomic E-state index is 6.04. The van der Waals surface area contributed by atoms with E-state index in [4.69, 9.17) is 4.42 Å². The Bertz CT molecular complexity index is 743. The molecule has 2 spiro atoms. The highest BCUT2D eigenvalue weighted by Crippen LogP contribution is 2.70. The Morgan fingerprint density at radius 2 is 1.88 bits per heavy atom. The van der Waals surface area contributed by atoms with Crippen LogP contribution < -0.4 is 0 Å². The van der Waals surface area contributed by atoms with Crippen molar-refractivity contribution in [1.82, 2.24) is 0 Å². The van der Waals surface area contributed by atoms with Crippen molar-refractivity contribution < 1.29 is 4.42 Å². The molecule has 1 aliphatic heterocycles. The molecule has 2 heterocycles. The minimum atomic E-state index is 0.392. The maximum Gasteiger partial charge on any atom is 0.110 e. The van der Waals surface area contributed by atoms with Gasteiger partial charge >= 0.3 is 0 Å². The number of fused-ring (bicyclic) bond motifs is 6. The highest BCUT2D eigenvalue weighted by Gasteiger charge is 2.60. The van der Waals surface area contributed by atoms with E-state index in [1.54, 1.807) is 19.3 Å². The van der Waals surface area contributed by atoms with Gasteiger partial charge in [0.2, 0.25) is 0 Å². The fraction of sp³-hybridized carbons (Fsp3) is 0.840. The molecule has 6 rings (SSSR count). The van der Waals surface area contributed by atoms with Crippen LogP contribution >= 0.6 is 0 Å². The number of rotatable bonds is 2. The molecule has 1 nitrogen and oxygen atoms in total. The van der Waals surface area contributed by atoms with Crippen LogP contribution in [-0.4, -0.2) is 0 Å². The van der Waals surface area contributed by atoms with Gasteiger partial charge in [-0.05, 0) is 110 Å². The van der Waals surface area contributed by atoms with Crippen LogP contribution in [0.25, 0.3) is 0 Å². The van der Waals surface area contributed by atoms with Crippen molar-refractivity contribution in [1.29, 1.82) is 0 Å². The first-order chi connectivity index (χ1) is 12.3. The third-order valence-electron chi connectivity index (χ3n) is 9.83. The van der Waals surface area contributed by atoms with Gasteiger partial charge in [0.15, 0.2) is 0 Å². The predicted octanol–water partition coefficient (Wildman–Crippen LogP) is 6.90.